The molecule has 3 nitrogen and oxygen atoms in total. The van der Waals surface area contributed by atoms with Crippen molar-refractivity contribution in [3.63, 3.8) is 0 Å². The molecule has 0 amide bonds. The molecule has 3 heterocycles. The van der Waals surface area contributed by atoms with Gasteiger partial charge in [0.15, 0.2) is 5.82 Å². The minimum absolute atomic E-state index is 0.728. The summed E-state index contributed by atoms with van der Waals surface area (Å²) < 4.78 is 2.40. The minimum Gasteiger partial charge on any atom is -0.308 e. The highest BCUT2D eigenvalue weighted by atomic mass is 14.9. The average molecular weight is 472 g/mol. The van der Waals surface area contributed by atoms with Crippen LogP contribution in [0.1, 0.15) is 0 Å². The van der Waals surface area contributed by atoms with Gasteiger partial charge in [0.05, 0.1) is 27.9 Å². The molecule has 0 saturated heterocycles. The van der Waals surface area contributed by atoms with Gasteiger partial charge in [0.2, 0.25) is 0 Å². The second-order valence-corrected chi connectivity index (χ2v) is 9.48. The van der Waals surface area contributed by atoms with E-state index in [1.54, 1.807) is 0 Å². The SMILES string of the molecule is c1ccc(-c2cc(-c3ccccc3)nc(-c3ccc4c5cccc6c7ccccc7n(c4c3)c65)n2)cc1. The second kappa shape index (κ2) is 7.74. The first-order chi connectivity index (χ1) is 18.3. The van der Waals surface area contributed by atoms with Gasteiger partial charge in [-0.3, -0.25) is 0 Å². The summed E-state index contributed by atoms with van der Waals surface area (Å²) in [6, 6.07) is 44.6. The van der Waals surface area contributed by atoms with E-state index in [2.05, 4.69) is 95.4 Å². The van der Waals surface area contributed by atoms with Crippen LogP contribution in [0.3, 0.4) is 0 Å². The Bertz CT molecular complexity index is 2010. The van der Waals surface area contributed by atoms with Crippen molar-refractivity contribution < 1.29 is 0 Å². The lowest BCUT2D eigenvalue weighted by atomic mass is 10.0. The lowest BCUT2D eigenvalue weighted by Crippen LogP contribution is -1.96. The molecule has 0 aliphatic carbocycles. The second-order valence-electron chi connectivity index (χ2n) is 9.48. The monoisotopic (exact) mass is 471 g/mol. The highest BCUT2D eigenvalue weighted by Crippen LogP contribution is 2.40. The Labute approximate surface area is 213 Å². The summed E-state index contributed by atoms with van der Waals surface area (Å²) in [5.74, 6) is 0.728. The zero-order chi connectivity index (χ0) is 24.3. The number of aromatic nitrogens is 3. The van der Waals surface area contributed by atoms with Crippen LogP contribution >= 0.6 is 0 Å². The fraction of sp³-hybridized carbons (Fsp3) is 0. The van der Waals surface area contributed by atoms with Gasteiger partial charge in [0.1, 0.15) is 0 Å². The van der Waals surface area contributed by atoms with E-state index in [9.17, 15) is 0 Å². The molecule has 0 saturated carbocycles. The molecule has 0 spiro atoms. The quantitative estimate of drug-likeness (QED) is 0.258. The van der Waals surface area contributed by atoms with Crippen molar-refractivity contribution in [2.24, 2.45) is 0 Å². The number of para-hydroxylation sites is 2. The van der Waals surface area contributed by atoms with Crippen LogP contribution in [0.15, 0.2) is 127 Å². The van der Waals surface area contributed by atoms with Crippen LogP contribution in [0.2, 0.25) is 0 Å². The van der Waals surface area contributed by atoms with Crippen LogP contribution in [0.5, 0.6) is 0 Å². The van der Waals surface area contributed by atoms with E-state index in [0.29, 0.717) is 0 Å². The maximum Gasteiger partial charge on any atom is 0.160 e. The third kappa shape index (κ3) is 3.01. The largest absolute Gasteiger partial charge is 0.308 e. The standard InChI is InChI=1S/C34H21N3/c1-3-10-22(11-4-1)29-21-30(23-12-5-2-6-13-23)36-34(35-29)24-18-19-26-28-16-9-15-27-25-14-7-8-17-31(25)37(33(27)28)32(26)20-24/h1-21H. The molecule has 0 N–H and O–H groups in total. The predicted octanol–water partition coefficient (Wildman–Crippen LogP) is 8.63. The number of benzene rings is 5. The van der Waals surface area contributed by atoms with Gasteiger partial charge in [-0.15, -0.1) is 0 Å². The molecule has 0 radical (unpaired) electrons. The van der Waals surface area contributed by atoms with Crippen molar-refractivity contribution >= 4 is 38.1 Å². The van der Waals surface area contributed by atoms with E-state index >= 15 is 0 Å². The lowest BCUT2D eigenvalue weighted by Gasteiger charge is -2.10. The van der Waals surface area contributed by atoms with Gasteiger partial charge in [-0.2, -0.15) is 0 Å². The molecule has 0 unspecified atom stereocenters. The van der Waals surface area contributed by atoms with Crippen LogP contribution in [-0.4, -0.2) is 14.4 Å². The van der Waals surface area contributed by atoms with E-state index in [-0.39, 0.29) is 0 Å². The molecule has 0 atom stereocenters. The van der Waals surface area contributed by atoms with E-state index < -0.39 is 0 Å². The number of fused-ring (bicyclic) bond motifs is 6. The van der Waals surface area contributed by atoms with Crippen LogP contribution in [0.25, 0.3) is 72.0 Å². The Kier molecular flexibility index (Phi) is 4.23. The predicted molar refractivity (Wildman–Crippen MR) is 153 cm³/mol. The zero-order valence-electron chi connectivity index (χ0n) is 20.0. The van der Waals surface area contributed by atoms with E-state index in [1.165, 1.54) is 38.1 Å². The van der Waals surface area contributed by atoms with Crippen molar-refractivity contribution in [2.75, 3.05) is 0 Å². The zero-order valence-corrected chi connectivity index (χ0v) is 20.0. The van der Waals surface area contributed by atoms with Crippen molar-refractivity contribution in [1.82, 2.24) is 14.4 Å². The van der Waals surface area contributed by atoms with Crippen molar-refractivity contribution in [1.29, 1.82) is 0 Å². The highest BCUT2D eigenvalue weighted by Gasteiger charge is 2.18. The van der Waals surface area contributed by atoms with Crippen LogP contribution < -0.4 is 0 Å². The van der Waals surface area contributed by atoms with Gasteiger partial charge in [0, 0.05) is 38.2 Å². The van der Waals surface area contributed by atoms with Gasteiger partial charge in [0.25, 0.3) is 0 Å². The molecule has 172 valence electrons. The minimum atomic E-state index is 0.728. The molecule has 8 rings (SSSR count). The van der Waals surface area contributed by atoms with E-state index in [4.69, 9.17) is 9.97 Å². The average Bonchev–Trinajstić information content (AvgIpc) is 3.50. The van der Waals surface area contributed by atoms with Crippen molar-refractivity contribution in [3.8, 4) is 33.9 Å². The first-order valence-electron chi connectivity index (χ1n) is 12.5. The highest BCUT2D eigenvalue weighted by molar-refractivity contribution is 6.23. The maximum absolute atomic E-state index is 5.05. The summed E-state index contributed by atoms with van der Waals surface area (Å²) in [6.07, 6.45) is 0. The summed E-state index contributed by atoms with van der Waals surface area (Å²) in [7, 11) is 0. The lowest BCUT2D eigenvalue weighted by molar-refractivity contribution is 1.18. The Balaban J connectivity index is 1.42. The van der Waals surface area contributed by atoms with Gasteiger partial charge in [-0.05, 0) is 18.2 Å². The van der Waals surface area contributed by atoms with Crippen molar-refractivity contribution in [3.05, 3.63) is 127 Å². The summed E-state index contributed by atoms with van der Waals surface area (Å²) in [5.41, 5.74) is 8.69. The third-order valence-electron chi connectivity index (χ3n) is 7.35. The van der Waals surface area contributed by atoms with Crippen LogP contribution in [-0.2, 0) is 0 Å². The number of hydrogen-bond acceptors (Lipinski definition) is 2. The van der Waals surface area contributed by atoms with Gasteiger partial charge >= 0.3 is 0 Å². The molecule has 8 aromatic rings. The molecular formula is C34H21N3. The summed E-state index contributed by atoms with van der Waals surface area (Å²) in [6.45, 7) is 0. The van der Waals surface area contributed by atoms with E-state index in [1.807, 2.05) is 36.4 Å². The van der Waals surface area contributed by atoms with Gasteiger partial charge < -0.3 is 4.40 Å². The molecule has 37 heavy (non-hydrogen) atoms. The Morgan fingerprint density at radius 1 is 0.405 bits per heavy atom. The topological polar surface area (TPSA) is 30.2 Å². The molecule has 3 aromatic heterocycles. The molecule has 0 aliphatic heterocycles. The molecule has 3 heteroatoms. The summed E-state index contributed by atoms with van der Waals surface area (Å²) >= 11 is 0. The summed E-state index contributed by atoms with van der Waals surface area (Å²) in [4.78, 5) is 10.1. The number of hydrogen-bond donors (Lipinski definition) is 0. The Morgan fingerprint density at radius 3 is 1.65 bits per heavy atom. The Morgan fingerprint density at radius 2 is 0.973 bits per heavy atom. The van der Waals surface area contributed by atoms with Crippen LogP contribution in [0, 0.1) is 0 Å². The van der Waals surface area contributed by atoms with E-state index in [0.717, 1.165) is 33.9 Å². The fourth-order valence-electron chi connectivity index (χ4n) is 5.66. The smallest absolute Gasteiger partial charge is 0.160 e. The molecule has 5 aromatic carbocycles. The maximum atomic E-state index is 5.05. The Hall–Kier alpha value is -5.02. The molecular weight excluding hydrogens is 450 g/mol. The first-order valence-corrected chi connectivity index (χ1v) is 12.5. The van der Waals surface area contributed by atoms with Gasteiger partial charge in [-0.25, -0.2) is 9.97 Å². The van der Waals surface area contributed by atoms with Crippen molar-refractivity contribution in [2.45, 2.75) is 0 Å². The van der Waals surface area contributed by atoms with Crippen LogP contribution in [0.4, 0.5) is 0 Å². The summed E-state index contributed by atoms with van der Waals surface area (Å²) in [5, 5.41) is 5.10. The first kappa shape index (κ1) is 20.2. The molecule has 0 aliphatic rings. The fourth-order valence-corrected chi connectivity index (χ4v) is 5.66. The normalized spacial score (nSPS) is 11.8. The molecule has 0 bridgehead atoms. The number of nitrogens with zero attached hydrogens (tertiary/aromatic N) is 3. The molecule has 0 fully saturated rings. The number of rotatable bonds is 3. The third-order valence-corrected chi connectivity index (χ3v) is 7.35. The van der Waals surface area contributed by atoms with Gasteiger partial charge in [-0.1, -0.05) is 109 Å².